The Morgan fingerprint density at radius 3 is 2.85 bits per heavy atom. The molecule has 7 nitrogen and oxygen atoms in total. The number of nitro benzene ring substituents is 1. The summed E-state index contributed by atoms with van der Waals surface area (Å²) in [6, 6.07) is 3.41. The fourth-order valence-corrected chi connectivity index (χ4v) is 1.82. The maximum atomic E-state index is 13.7. The normalized spacial score (nSPS) is 10.4. The molecule has 0 aliphatic rings. The van der Waals surface area contributed by atoms with Crippen molar-refractivity contribution < 1.29 is 19.2 Å². The molecular weight excluding hydrogens is 269 g/mol. The van der Waals surface area contributed by atoms with E-state index >= 15 is 0 Å². The fourth-order valence-electron chi connectivity index (χ4n) is 1.82. The number of nitrogens with one attached hydrogen (secondary N) is 1. The van der Waals surface area contributed by atoms with Gasteiger partial charge < -0.3 is 10.4 Å². The first-order valence-corrected chi connectivity index (χ1v) is 5.68. The van der Waals surface area contributed by atoms with Crippen molar-refractivity contribution in [2.24, 2.45) is 0 Å². The minimum absolute atomic E-state index is 0.0305. The smallest absolute Gasteiger partial charge is 0.305 e. The number of carbonyl (C=O) groups is 1. The predicted molar refractivity (Wildman–Crippen MR) is 69.1 cm³/mol. The van der Waals surface area contributed by atoms with Gasteiger partial charge >= 0.3 is 5.97 Å². The maximum absolute atomic E-state index is 13.7. The summed E-state index contributed by atoms with van der Waals surface area (Å²) < 4.78 is 13.7. The number of nitro groups is 1. The Morgan fingerprint density at radius 1 is 1.45 bits per heavy atom. The summed E-state index contributed by atoms with van der Waals surface area (Å²) in [6.07, 6.45) is 1.12. The highest BCUT2D eigenvalue weighted by atomic mass is 19.1. The quantitative estimate of drug-likeness (QED) is 0.641. The molecule has 0 aliphatic heterocycles. The van der Waals surface area contributed by atoms with Crippen LogP contribution in [0, 0.1) is 15.9 Å². The summed E-state index contributed by atoms with van der Waals surface area (Å²) in [5.74, 6) is -1.53. The second kappa shape index (κ2) is 5.47. The van der Waals surface area contributed by atoms with Crippen LogP contribution in [0.5, 0.6) is 0 Å². The molecule has 0 aliphatic carbocycles. The number of carboxylic acids is 1. The SMILES string of the molecule is O=C(O)CCNc1nccc2c(F)ccc([N+](=O)[O-])c12. The molecular formula is C12H10FN3O4. The number of halogens is 1. The van der Waals surface area contributed by atoms with Crippen LogP contribution < -0.4 is 5.32 Å². The van der Waals surface area contributed by atoms with E-state index in [9.17, 15) is 19.3 Å². The van der Waals surface area contributed by atoms with Gasteiger partial charge in [-0.05, 0) is 12.1 Å². The van der Waals surface area contributed by atoms with Crippen LogP contribution in [0.25, 0.3) is 10.8 Å². The summed E-state index contributed by atoms with van der Waals surface area (Å²) in [4.78, 5) is 24.7. The number of benzene rings is 1. The summed E-state index contributed by atoms with van der Waals surface area (Å²) in [6.45, 7) is 0.0368. The van der Waals surface area contributed by atoms with Crippen LogP contribution in [0.15, 0.2) is 24.4 Å². The van der Waals surface area contributed by atoms with E-state index < -0.39 is 16.7 Å². The molecule has 20 heavy (non-hydrogen) atoms. The van der Waals surface area contributed by atoms with E-state index in [-0.39, 0.29) is 35.2 Å². The molecule has 1 aromatic carbocycles. The first-order valence-electron chi connectivity index (χ1n) is 5.68. The van der Waals surface area contributed by atoms with Crippen molar-refractivity contribution in [2.75, 3.05) is 11.9 Å². The lowest BCUT2D eigenvalue weighted by Gasteiger charge is -2.08. The maximum Gasteiger partial charge on any atom is 0.305 e. The minimum atomic E-state index is -1.02. The highest BCUT2D eigenvalue weighted by Crippen LogP contribution is 2.32. The first-order chi connectivity index (χ1) is 9.50. The molecule has 1 aromatic heterocycles. The van der Waals surface area contributed by atoms with Crippen molar-refractivity contribution in [1.29, 1.82) is 0 Å². The molecule has 0 bridgehead atoms. The third-order valence-corrected chi connectivity index (χ3v) is 2.68. The summed E-state index contributed by atoms with van der Waals surface area (Å²) in [7, 11) is 0. The lowest BCUT2D eigenvalue weighted by molar-refractivity contribution is -0.383. The van der Waals surface area contributed by atoms with Crippen molar-refractivity contribution in [3.8, 4) is 0 Å². The van der Waals surface area contributed by atoms with Crippen molar-refractivity contribution in [3.05, 3.63) is 40.3 Å². The van der Waals surface area contributed by atoms with Gasteiger partial charge in [0.2, 0.25) is 0 Å². The van der Waals surface area contributed by atoms with Crippen LogP contribution in [-0.2, 0) is 4.79 Å². The Kier molecular flexibility index (Phi) is 3.74. The topological polar surface area (TPSA) is 105 Å². The Labute approximate surface area is 112 Å². The average molecular weight is 279 g/mol. The van der Waals surface area contributed by atoms with Crippen LogP contribution in [0.2, 0.25) is 0 Å². The molecule has 0 radical (unpaired) electrons. The third-order valence-electron chi connectivity index (χ3n) is 2.68. The Morgan fingerprint density at radius 2 is 2.20 bits per heavy atom. The fraction of sp³-hybridized carbons (Fsp3) is 0.167. The highest BCUT2D eigenvalue weighted by Gasteiger charge is 2.18. The number of nitrogens with zero attached hydrogens (tertiary/aromatic N) is 2. The Bertz CT molecular complexity index is 690. The van der Waals surface area contributed by atoms with Gasteiger partial charge in [0.15, 0.2) is 0 Å². The Balaban J connectivity index is 2.51. The number of aliphatic carboxylic acids is 1. The lowest BCUT2D eigenvalue weighted by Crippen LogP contribution is -2.09. The van der Waals surface area contributed by atoms with Crippen LogP contribution in [0.3, 0.4) is 0 Å². The lowest BCUT2D eigenvalue weighted by atomic mass is 10.1. The number of carboxylic acid groups (broad SMARTS) is 1. The van der Waals surface area contributed by atoms with Crippen LogP contribution >= 0.6 is 0 Å². The molecule has 0 unspecified atom stereocenters. The molecule has 0 amide bonds. The number of fused-ring (bicyclic) bond motifs is 1. The molecule has 0 fully saturated rings. The number of hydrogen-bond donors (Lipinski definition) is 2. The number of rotatable bonds is 5. The van der Waals surface area contributed by atoms with Crippen LogP contribution in [0.1, 0.15) is 6.42 Å². The van der Waals surface area contributed by atoms with Crippen molar-refractivity contribution in [1.82, 2.24) is 4.98 Å². The molecule has 0 saturated carbocycles. The van der Waals surface area contributed by atoms with Gasteiger partial charge in [0, 0.05) is 24.2 Å². The average Bonchev–Trinajstić information content (AvgIpc) is 2.39. The van der Waals surface area contributed by atoms with Gasteiger partial charge in [-0.25, -0.2) is 9.37 Å². The van der Waals surface area contributed by atoms with Crippen LogP contribution in [-0.4, -0.2) is 27.5 Å². The monoisotopic (exact) mass is 279 g/mol. The van der Waals surface area contributed by atoms with Crippen molar-refractivity contribution in [2.45, 2.75) is 6.42 Å². The standard InChI is InChI=1S/C12H10FN3O4/c13-8-1-2-9(16(19)20)11-7(8)3-5-14-12(11)15-6-4-10(17)18/h1-3,5H,4,6H2,(H,14,15)(H,17,18). The highest BCUT2D eigenvalue weighted by molar-refractivity contribution is 5.99. The van der Waals surface area contributed by atoms with Crippen molar-refractivity contribution in [3.63, 3.8) is 0 Å². The van der Waals surface area contributed by atoms with Crippen molar-refractivity contribution >= 4 is 28.2 Å². The van der Waals surface area contributed by atoms with E-state index in [1.807, 2.05) is 0 Å². The molecule has 0 atom stereocenters. The van der Waals surface area contributed by atoms with Gasteiger partial charge in [-0.1, -0.05) is 0 Å². The number of non-ortho nitro benzene ring substituents is 1. The van der Waals surface area contributed by atoms with Crippen LogP contribution in [0.4, 0.5) is 15.9 Å². The first kappa shape index (κ1) is 13.7. The minimum Gasteiger partial charge on any atom is -0.481 e. The molecule has 2 aromatic rings. The molecule has 8 heteroatoms. The Hall–Kier alpha value is -2.77. The van der Waals surface area contributed by atoms with E-state index in [0.29, 0.717) is 0 Å². The largest absolute Gasteiger partial charge is 0.481 e. The van der Waals surface area contributed by atoms with E-state index in [1.165, 1.54) is 12.3 Å². The number of aromatic nitrogens is 1. The molecule has 0 saturated heterocycles. The predicted octanol–water partition coefficient (Wildman–Crippen LogP) is 2.17. The molecule has 0 spiro atoms. The van der Waals surface area contributed by atoms with E-state index in [1.54, 1.807) is 0 Å². The van der Waals surface area contributed by atoms with Gasteiger partial charge in [0.25, 0.3) is 5.69 Å². The zero-order chi connectivity index (χ0) is 14.7. The van der Waals surface area contributed by atoms with E-state index in [4.69, 9.17) is 5.11 Å². The van der Waals surface area contributed by atoms with Gasteiger partial charge in [-0.2, -0.15) is 0 Å². The third kappa shape index (κ3) is 2.63. The summed E-state index contributed by atoms with van der Waals surface area (Å²) in [5, 5.41) is 22.3. The molecule has 2 rings (SSSR count). The molecule has 1 heterocycles. The summed E-state index contributed by atoms with van der Waals surface area (Å²) in [5.41, 5.74) is -0.285. The summed E-state index contributed by atoms with van der Waals surface area (Å²) >= 11 is 0. The zero-order valence-electron chi connectivity index (χ0n) is 10.2. The number of pyridine rings is 1. The zero-order valence-corrected chi connectivity index (χ0v) is 10.2. The number of hydrogen-bond acceptors (Lipinski definition) is 5. The molecule has 104 valence electrons. The number of anilines is 1. The second-order valence-electron chi connectivity index (χ2n) is 3.98. The van der Waals surface area contributed by atoms with Gasteiger partial charge in [-0.3, -0.25) is 14.9 Å². The van der Waals surface area contributed by atoms with Gasteiger partial charge in [0.05, 0.1) is 11.3 Å². The van der Waals surface area contributed by atoms with E-state index in [0.717, 1.165) is 12.1 Å². The molecule has 2 N–H and O–H groups in total. The van der Waals surface area contributed by atoms with Gasteiger partial charge in [-0.15, -0.1) is 0 Å². The van der Waals surface area contributed by atoms with Gasteiger partial charge in [0.1, 0.15) is 17.0 Å². The second-order valence-corrected chi connectivity index (χ2v) is 3.98. The van der Waals surface area contributed by atoms with E-state index in [2.05, 4.69) is 10.3 Å².